The summed E-state index contributed by atoms with van der Waals surface area (Å²) in [6.45, 7) is 5.67. The Morgan fingerprint density at radius 2 is 2.00 bits per heavy atom. The average Bonchev–Trinajstić information content (AvgIpc) is 3.39. The summed E-state index contributed by atoms with van der Waals surface area (Å²) in [4.78, 5) is 34.9. The van der Waals surface area contributed by atoms with Gasteiger partial charge in [-0.25, -0.2) is 14.2 Å². The number of aromatic amines is 1. The molecule has 37 heavy (non-hydrogen) atoms. The predicted octanol–water partition coefficient (Wildman–Crippen LogP) is 4.04. The van der Waals surface area contributed by atoms with E-state index in [1.165, 1.54) is 13.2 Å². The van der Waals surface area contributed by atoms with Gasteiger partial charge in [0.1, 0.15) is 35.8 Å². The molecule has 3 aromatic rings. The minimum atomic E-state index is -0.870. The van der Waals surface area contributed by atoms with Crippen molar-refractivity contribution in [3.8, 4) is 17.0 Å². The number of carbonyl (C=O) groups excluding carboxylic acids is 2. The third kappa shape index (κ3) is 5.62. The fourth-order valence-corrected chi connectivity index (χ4v) is 4.55. The number of H-pyrrole nitrogens is 1. The Kier molecular flexibility index (Phi) is 8.13. The Balaban J connectivity index is 1.57. The molecule has 1 aliphatic heterocycles. The number of halogens is 2. The van der Waals surface area contributed by atoms with Crippen LogP contribution in [0.25, 0.3) is 11.3 Å². The van der Waals surface area contributed by atoms with E-state index in [0.29, 0.717) is 34.1 Å². The first-order valence-electron chi connectivity index (χ1n) is 11.4. The lowest BCUT2D eigenvalue weighted by Crippen LogP contribution is -2.35. The number of rotatable bonds is 10. The van der Waals surface area contributed by atoms with Crippen LogP contribution >= 0.6 is 22.6 Å². The van der Waals surface area contributed by atoms with Crippen LogP contribution in [-0.4, -0.2) is 58.8 Å². The second-order valence-electron chi connectivity index (χ2n) is 8.42. The van der Waals surface area contributed by atoms with E-state index in [1.807, 2.05) is 22.6 Å². The van der Waals surface area contributed by atoms with Gasteiger partial charge in [-0.1, -0.05) is 18.7 Å². The lowest BCUT2D eigenvalue weighted by molar-refractivity contribution is -0.127. The van der Waals surface area contributed by atoms with Gasteiger partial charge < -0.3 is 24.9 Å². The number of hydrogen-bond acceptors (Lipinski definition) is 6. The second kappa shape index (κ2) is 11.3. The summed E-state index contributed by atoms with van der Waals surface area (Å²) in [5.41, 5.74) is 1.98. The van der Waals surface area contributed by atoms with Gasteiger partial charge in [0.05, 0.1) is 25.3 Å². The number of imide groups is 1. The van der Waals surface area contributed by atoms with Gasteiger partial charge in [0, 0.05) is 21.4 Å². The van der Waals surface area contributed by atoms with E-state index in [9.17, 15) is 14.0 Å². The number of imidazole rings is 1. The van der Waals surface area contributed by atoms with Gasteiger partial charge in [0.2, 0.25) is 0 Å². The monoisotopic (exact) mass is 620 g/mol. The molecule has 1 unspecified atom stereocenters. The van der Waals surface area contributed by atoms with Crippen LogP contribution in [0, 0.1) is 16.3 Å². The highest BCUT2D eigenvalue weighted by Gasteiger charge is 2.41. The number of nitrogens with zero attached hydrogens (tertiary/aromatic N) is 2. The van der Waals surface area contributed by atoms with Crippen molar-refractivity contribution in [3.63, 3.8) is 0 Å². The Bertz CT molecular complexity index is 1330. The maximum absolute atomic E-state index is 14.6. The molecule has 4 rings (SSSR count). The number of aliphatic hydroxyl groups excluding tert-OH is 1. The normalized spacial score (nSPS) is 16.0. The van der Waals surface area contributed by atoms with Crippen molar-refractivity contribution in [2.45, 2.75) is 18.9 Å². The van der Waals surface area contributed by atoms with Crippen molar-refractivity contribution in [2.24, 2.45) is 0 Å². The molecule has 3 amide bonds. The topological polar surface area (TPSA) is 117 Å². The van der Waals surface area contributed by atoms with E-state index in [4.69, 9.17) is 14.6 Å². The van der Waals surface area contributed by atoms with Crippen molar-refractivity contribution in [2.75, 3.05) is 26.9 Å². The van der Waals surface area contributed by atoms with E-state index in [2.05, 4.69) is 21.9 Å². The fraction of sp³-hybridized carbons (Fsp3) is 0.269. The fourth-order valence-electron chi connectivity index (χ4n) is 4.10. The number of aryl methyl sites for hydroxylation is 1. The first-order chi connectivity index (χ1) is 17.7. The van der Waals surface area contributed by atoms with Crippen LogP contribution in [-0.2, 0) is 9.53 Å². The highest BCUT2D eigenvalue weighted by molar-refractivity contribution is 14.1. The largest absolute Gasteiger partial charge is 0.501 e. The number of benzene rings is 2. The SMILES string of the molecule is C=C(OC)C(CN1C(=O)N[C@H](c2ccc(OCCO)cc2)C1=O)c1nc(-c2ccc(I)cc2F)c(C)[nH]1. The number of amides is 3. The summed E-state index contributed by atoms with van der Waals surface area (Å²) in [6, 6.07) is 10.1. The number of aliphatic hydroxyl groups is 1. The molecule has 1 fully saturated rings. The third-order valence-electron chi connectivity index (χ3n) is 6.03. The summed E-state index contributed by atoms with van der Waals surface area (Å²) in [7, 11) is 1.44. The zero-order valence-electron chi connectivity index (χ0n) is 20.3. The lowest BCUT2D eigenvalue weighted by Gasteiger charge is -2.21. The predicted molar refractivity (Wildman–Crippen MR) is 142 cm³/mol. The summed E-state index contributed by atoms with van der Waals surface area (Å²) >= 11 is 2.04. The van der Waals surface area contributed by atoms with Crippen LogP contribution in [0.1, 0.15) is 29.0 Å². The highest BCUT2D eigenvalue weighted by Crippen LogP contribution is 2.32. The van der Waals surface area contributed by atoms with Crippen molar-refractivity contribution < 1.29 is 28.6 Å². The van der Waals surface area contributed by atoms with Gasteiger partial charge >= 0.3 is 6.03 Å². The molecule has 1 aliphatic rings. The molecule has 0 bridgehead atoms. The maximum atomic E-state index is 14.6. The Labute approximate surface area is 226 Å². The summed E-state index contributed by atoms with van der Waals surface area (Å²) in [5, 5.41) is 11.6. The zero-order valence-corrected chi connectivity index (χ0v) is 22.4. The van der Waals surface area contributed by atoms with E-state index in [-0.39, 0.29) is 25.5 Å². The van der Waals surface area contributed by atoms with Crippen LogP contribution < -0.4 is 10.1 Å². The molecule has 0 radical (unpaired) electrons. The number of urea groups is 1. The first-order valence-corrected chi connectivity index (χ1v) is 12.5. The van der Waals surface area contributed by atoms with Crippen molar-refractivity contribution in [1.29, 1.82) is 0 Å². The quantitative estimate of drug-likeness (QED) is 0.179. The molecule has 11 heteroatoms. The van der Waals surface area contributed by atoms with Crippen LogP contribution in [0.5, 0.6) is 5.75 Å². The number of methoxy groups -OCH3 is 1. The second-order valence-corrected chi connectivity index (χ2v) is 9.66. The number of ether oxygens (including phenoxy) is 2. The minimum Gasteiger partial charge on any atom is -0.501 e. The van der Waals surface area contributed by atoms with Gasteiger partial charge in [0.25, 0.3) is 5.91 Å². The Hall–Kier alpha value is -3.45. The highest BCUT2D eigenvalue weighted by atomic mass is 127. The average molecular weight is 620 g/mol. The molecular weight excluding hydrogens is 594 g/mol. The number of nitrogens with one attached hydrogen (secondary N) is 2. The molecule has 2 aromatic carbocycles. The van der Waals surface area contributed by atoms with Crippen molar-refractivity contribution >= 4 is 34.5 Å². The molecule has 194 valence electrons. The smallest absolute Gasteiger partial charge is 0.325 e. The molecular formula is C26H26FIN4O5. The molecule has 1 saturated heterocycles. The third-order valence-corrected chi connectivity index (χ3v) is 6.71. The molecule has 1 aromatic heterocycles. The van der Waals surface area contributed by atoms with Crippen LogP contribution in [0.3, 0.4) is 0 Å². The first kappa shape index (κ1) is 26.6. The molecule has 2 heterocycles. The van der Waals surface area contributed by atoms with Crippen LogP contribution in [0.15, 0.2) is 54.8 Å². The molecule has 2 atom stereocenters. The molecule has 3 N–H and O–H groups in total. The van der Waals surface area contributed by atoms with E-state index in [0.717, 1.165) is 8.47 Å². The minimum absolute atomic E-state index is 0.0763. The van der Waals surface area contributed by atoms with Crippen LogP contribution in [0.2, 0.25) is 0 Å². The van der Waals surface area contributed by atoms with Gasteiger partial charge in [-0.05, 0) is 65.4 Å². The van der Waals surface area contributed by atoms with Crippen molar-refractivity contribution in [3.05, 3.63) is 81.3 Å². The van der Waals surface area contributed by atoms with Crippen molar-refractivity contribution in [1.82, 2.24) is 20.2 Å². The van der Waals surface area contributed by atoms with E-state index < -0.39 is 29.7 Å². The Morgan fingerprint density at radius 1 is 1.27 bits per heavy atom. The molecule has 0 spiro atoms. The summed E-state index contributed by atoms with van der Waals surface area (Å²) < 4.78 is 26.1. The van der Waals surface area contributed by atoms with E-state index >= 15 is 0 Å². The zero-order chi connectivity index (χ0) is 26.7. The molecule has 0 saturated carbocycles. The number of hydrogen-bond donors (Lipinski definition) is 3. The van der Waals surface area contributed by atoms with Gasteiger partial charge in [-0.3, -0.25) is 9.69 Å². The standard InChI is InChI=1S/C26H26FIN4O5/c1-14-22(19-9-6-17(28)12-21(19)27)30-24(29-14)20(15(2)36-3)13-32-25(34)23(31-26(32)35)16-4-7-18(8-5-16)37-11-10-33/h4-9,12,20,23,33H,2,10-11,13H2,1,3H3,(H,29,30)(H,31,35)/t20?,23-/m1/s1. The summed E-state index contributed by atoms with van der Waals surface area (Å²) in [6.07, 6.45) is 0. The number of aromatic nitrogens is 2. The van der Waals surface area contributed by atoms with Gasteiger partial charge in [-0.15, -0.1) is 0 Å². The Morgan fingerprint density at radius 3 is 2.65 bits per heavy atom. The molecule has 9 nitrogen and oxygen atoms in total. The molecule has 0 aliphatic carbocycles. The summed E-state index contributed by atoms with van der Waals surface area (Å²) in [5.74, 6) is -0.289. The van der Waals surface area contributed by atoms with E-state index in [1.54, 1.807) is 43.3 Å². The van der Waals surface area contributed by atoms with Crippen LogP contribution in [0.4, 0.5) is 9.18 Å². The van der Waals surface area contributed by atoms with Gasteiger partial charge in [-0.2, -0.15) is 0 Å². The lowest BCUT2D eigenvalue weighted by atomic mass is 10.0. The van der Waals surface area contributed by atoms with Gasteiger partial charge in [0.15, 0.2) is 0 Å². The number of carbonyl (C=O) groups is 2. The maximum Gasteiger partial charge on any atom is 0.325 e.